The Balaban J connectivity index is 1.55. The average molecular weight is 392 g/mol. The van der Waals surface area contributed by atoms with E-state index >= 15 is 0 Å². The summed E-state index contributed by atoms with van der Waals surface area (Å²) in [6.45, 7) is 0. The Morgan fingerprint density at radius 1 is 1.17 bits per heavy atom. The number of nitrogens with one attached hydrogen (secondary N) is 1. The predicted molar refractivity (Wildman–Crippen MR) is 88.8 cm³/mol. The minimum Gasteiger partial charge on any atom is -0.411 e. The molecule has 2 aromatic heterocycles. The van der Waals surface area contributed by atoms with Crippen LogP contribution >= 0.6 is 27.7 Å². The average Bonchev–Trinajstić information content (AvgIpc) is 3.05. The molecular formula is C14H10BrN5O2S. The summed E-state index contributed by atoms with van der Waals surface area (Å²) in [5.41, 5.74) is 0.833. The molecular weight excluding hydrogens is 382 g/mol. The SMILES string of the molecule is O=C(CSc1nnc(-c2ccccc2)o1)Nc1ncc(Br)cn1. The molecule has 1 amide bonds. The Bertz CT molecular complexity index is 794. The van der Waals surface area contributed by atoms with Crippen LogP contribution in [0.25, 0.3) is 11.5 Å². The van der Waals surface area contributed by atoms with E-state index in [-0.39, 0.29) is 17.6 Å². The standard InChI is InChI=1S/C14H10BrN5O2S/c15-10-6-16-13(17-7-10)18-11(21)8-23-14-20-19-12(22-14)9-4-2-1-3-5-9/h1-7H,8H2,(H,16,17,18,21). The van der Waals surface area contributed by atoms with Crippen LogP contribution in [0, 0.1) is 0 Å². The molecule has 0 aliphatic heterocycles. The van der Waals surface area contributed by atoms with Gasteiger partial charge in [0.15, 0.2) is 0 Å². The zero-order valence-electron chi connectivity index (χ0n) is 11.6. The van der Waals surface area contributed by atoms with Crippen molar-refractivity contribution in [2.75, 3.05) is 11.1 Å². The lowest BCUT2D eigenvalue weighted by Gasteiger charge is -2.01. The van der Waals surface area contributed by atoms with Gasteiger partial charge in [-0.15, -0.1) is 10.2 Å². The van der Waals surface area contributed by atoms with E-state index in [2.05, 4.69) is 41.4 Å². The Labute approximate surface area is 144 Å². The molecule has 7 nitrogen and oxygen atoms in total. The summed E-state index contributed by atoms with van der Waals surface area (Å²) >= 11 is 4.37. The molecule has 2 heterocycles. The third kappa shape index (κ3) is 4.36. The van der Waals surface area contributed by atoms with Crippen LogP contribution in [0.1, 0.15) is 0 Å². The molecule has 1 aromatic carbocycles. The summed E-state index contributed by atoms with van der Waals surface area (Å²) in [5, 5.41) is 10.8. The third-order valence-electron chi connectivity index (χ3n) is 2.63. The minimum absolute atomic E-state index is 0.121. The summed E-state index contributed by atoms with van der Waals surface area (Å²) in [6, 6.07) is 9.43. The summed E-state index contributed by atoms with van der Waals surface area (Å²) in [7, 11) is 0. The third-order valence-corrected chi connectivity index (χ3v) is 3.85. The van der Waals surface area contributed by atoms with E-state index in [9.17, 15) is 4.79 Å². The van der Waals surface area contributed by atoms with E-state index in [0.29, 0.717) is 11.1 Å². The molecule has 0 spiro atoms. The first-order chi connectivity index (χ1) is 11.2. The van der Waals surface area contributed by atoms with Crippen LogP contribution in [0.4, 0.5) is 5.95 Å². The number of hydrogen-bond donors (Lipinski definition) is 1. The summed E-state index contributed by atoms with van der Waals surface area (Å²) < 4.78 is 6.25. The van der Waals surface area contributed by atoms with Crippen LogP contribution in [0.2, 0.25) is 0 Å². The molecule has 0 saturated carbocycles. The van der Waals surface area contributed by atoms with Crippen molar-refractivity contribution < 1.29 is 9.21 Å². The van der Waals surface area contributed by atoms with Crippen molar-refractivity contribution in [3.63, 3.8) is 0 Å². The van der Waals surface area contributed by atoms with Crippen molar-refractivity contribution in [3.05, 3.63) is 47.2 Å². The van der Waals surface area contributed by atoms with Crippen molar-refractivity contribution in [2.24, 2.45) is 0 Å². The first-order valence-electron chi connectivity index (χ1n) is 6.50. The molecule has 0 fully saturated rings. The lowest BCUT2D eigenvalue weighted by atomic mass is 10.2. The van der Waals surface area contributed by atoms with E-state index in [4.69, 9.17) is 4.42 Å². The number of rotatable bonds is 5. The van der Waals surface area contributed by atoms with Gasteiger partial charge in [0, 0.05) is 18.0 Å². The molecule has 23 heavy (non-hydrogen) atoms. The maximum atomic E-state index is 11.8. The number of benzene rings is 1. The summed E-state index contributed by atoms with van der Waals surface area (Å²) in [6.07, 6.45) is 3.11. The fourth-order valence-corrected chi connectivity index (χ4v) is 2.40. The highest BCUT2D eigenvalue weighted by Gasteiger charge is 2.11. The number of nitrogens with zero attached hydrogens (tertiary/aromatic N) is 4. The molecule has 0 bridgehead atoms. The zero-order valence-corrected chi connectivity index (χ0v) is 14.0. The zero-order chi connectivity index (χ0) is 16.1. The van der Waals surface area contributed by atoms with Gasteiger partial charge in [0.05, 0.1) is 10.2 Å². The second-order valence-electron chi connectivity index (χ2n) is 4.30. The number of aromatic nitrogens is 4. The summed E-state index contributed by atoms with van der Waals surface area (Å²) in [4.78, 5) is 19.8. The van der Waals surface area contributed by atoms with Crippen molar-refractivity contribution >= 4 is 39.5 Å². The molecule has 0 aliphatic rings. The number of carbonyl (C=O) groups excluding carboxylic acids is 1. The molecule has 0 atom stereocenters. The van der Waals surface area contributed by atoms with E-state index in [1.165, 1.54) is 0 Å². The van der Waals surface area contributed by atoms with Crippen molar-refractivity contribution in [2.45, 2.75) is 5.22 Å². The first-order valence-corrected chi connectivity index (χ1v) is 8.28. The Morgan fingerprint density at radius 2 is 1.91 bits per heavy atom. The lowest BCUT2D eigenvalue weighted by molar-refractivity contribution is -0.113. The van der Waals surface area contributed by atoms with Gasteiger partial charge in [-0.2, -0.15) is 0 Å². The van der Waals surface area contributed by atoms with Gasteiger partial charge < -0.3 is 4.42 Å². The maximum Gasteiger partial charge on any atom is 0.277 e. The van der Waals surface area contributed by atoms with Gasteiger partial charge >= 0.3 is 0 Å². The largest absolute Gasteiger partial charge is 0.411 e. The van der Waals surface area contributed by atoms with Crippen molar-refractivity contribution in [3.8, 4) is 11.5 Å². The predicted octanol–water partition coefficient (Wildman–Crippen LogP) is 3.02. The molecule has 0 radical (unpaired) electrons. The van der Waals surface area contributed by atoms with Crippen LogP contribution in [-0.4, -0.2) is 31.8 Å². The van der Waals surface area contributed by atoms with Gasteiger partial charge in [-0.05, 0) is 28.1 Å². The van der Waals surface area contributed by atoms with Crippen LogP contribution in [0.3, 0.4) is 0 Å². The van der Waals surface area contributed by atoms with Gasteiger partial charge in [-0.25, -0.2) is 9.97 Å². The lowest BCUT2D eigenvalue weighted by Crippen LogP contribution is -2.15. The number of thioether (sulfide) groups is 1. The second kappa shape index (κ2) is 7.34. The van der Waals surface area contributed by atoms with E-state index in [1.54, 1.807) is 12.4 Å². The second-order valence-corrected chi connectivity index (χ2v) is 6.14. The molecule has 0 saturated heterocycles. The summed E-state index contributed by atoms with van der Waals surface area (Å²) in [5.74, 6) is 0.534. The van der Waals surface area contributed by atoms with Gasteiger partial charge in [-0.1, -0.05) is 30.0 Å². The minimum atomic E-state index is -0.253. The van der Waals surface area contributed by atoms with E-state index in [1.807, 2.05) is 30.3 Å². The Kier molecular flexibility index (Phi) is 4.99. The fraction of sp³-hybridized carbons (Fsp3) is 0.0714. The van der Waals surface area contributed by atoms with Crippen LogP contribution in [0.15, 0.2) is 56.8 Å². The molecule has 3 aromatic rings. The van der Waals surface area contributed by atoms with Crippen molar-refractivity contribution in [1.29, 1.82) is 0 Å². The highest BCUT2D eigenvalue weighted by Crippen LogP contribution is 2.22. The highest BCUT2D eigenvalue weighted by atomic mass is 79.9. The number of halogens is 1. The van der Waals surface area contributed by atoms with Crippen LogP contribution < -0.4 is 5.32 Å². The van der Waals surface area contributed by atoms with Gasteiger partial charge in [0.1, 0.15) is 0 Å². The molecule has 116 valence electrons. The Morgan fingerprint density at radius 3 is 2.65 bits per heavy atom. The van der Waals surface area contributed by atoms with Crippen molar-refractivity contribution in [1.82, 2.24) is 20.2 Å². The van der Waals surface area contributed by atoms with Crippen LogP contribution in [-0.2, 0) is 4.79 Å². The van der Waals surface area contributed by atoms with Crippen LogP contribution in [0.5, 0.6) is 0 Å². The van der Waals surface area contributed by atoms with E-state index < -0.39 is 0 Å². The smallest absolute Gasteiger partial charge is 0.277 e. The number of hydrogen-bond acceptors (Lipinski definition) is 7. The number of carbonyl (C=O) groups is 1. The first kappa shape index (κ1) is 15.6. The molecule has 1 N–H and O–H groups in total. The maximum absolute atomic E-state index is 11.8. The topological polar surface area (TPSA) is 93.8 Å². The fourth-order valence-electron chi connectivity index (χ4n) is 1.63. The quantitative estimate of drug-likeness (QED) is 0.667. The monoisotopic (exact) mass is 391 g/mol. The molecule has 0 aliphatic carbocycles. The number of amides is 1. The van der Waals surface area contributed by atoms with E-state index in [0.717, 1.165) is 21.8 Å². The highest BCUT2D eigenvalue weighted by molar-refractivity contribution is 9.10. The van der Waals surface area contributed by atoms with Gasteiger partial charge in [0.2, 0.25) is 17.7 Å². The van der Waals surface area contributed by atoms with Gasteiger partial charge in [-0.3, -0.25) is 10.1 Å². The van der Waals surface area contributed by atoms with Gasteiger partial charge in [0.25, 0.3) is 5.22 Å². The normalized spacial score (nSPS) is 10.5. The Hall–Kier alpha value is -2.26. The molecule has 3 rings (SSSR count). The molecule has 9 heteroatoms. The number of anilines is 1. The molecule has 0 unspecified atom stereocenters.